The maximum atomic E-state index is 12.5. The van der Waals surface area contributed by atoms with Crippen molar-refractivity contribution in [3.8, 4) is 5.69 Å². The van der Waals surface area contributed by atoms with Crippen LogP contribution in [0.4, 0.5) is 5.69 Å². The van der Waals surface area contributed by atoms with Crippen LogP contribution in [0.5, 0.6) is 0 Å². The number of sulfonamides is 1. The van der Waals surface area contributed by atoms with Gasteiger partial charge in [0, 0.05) is 17.1 Å². The van der Waals surface area contributed by atoms with E-state index in [1.165, 1.54) is 6.20 Å². The first-order chi connectivity index (χ1) is 11.9. The highest BCUT2D eigenvalue weighted by Gasteiger charge is 2.22. The van der Waals surface area contributed by atoms with Crippen molar-refractivity contribution < 1.29 is 8.42 Å². The summed E-state index contributed by atoms with van der Waals surface area (Å²) in [6.45, 7) is 5.48. The van der Waals surface area contributed by atoms with Gasteiger partial charge < -0.3 is 5.32 Å². The van der Waals surface area contributed by atoms with Crippen LogP contribution in [0, 0.1) is 6.92 Å². The van der Waals surface area contributed by atoms with Crippen LogP contribution in [0.1, 0.15) is 19.4 Å². The molecule has 26 heavy (non-hydrogen) atoms. The van der Waals surface area contributed by atoms with Crippen LogP contribution in [0.25, 0.3) is 5.69 Å². The highest BCUT2D eigenvalue weighted by atomic mass is 35.5. The van der Waals surface area contributed by atoms with Gasteiger partial charge in [0.25, 0.3) is 5.56 Å². The van der Waals surface area contributed by atoms with E-state index in [1.54, 1.807) is 32.0 Å². The lowest BCUT2D eigenvalue weighted by atomic mass is 10.1. The van der Waals surface area contributed by atoms with Gasteiger partial charge in [0.1, 0.15) is 5.02 Å². The Labute approximate surface area is 162 Å². The van der Waals surface area contributed by atoms with E-state index in [1.807, 2.05) is 6.92 Å². The number of halogens is 2. The van der Waals surface area contributed by atoms with Crippen molar-refractivity contribution in [1.29, 1.82) is 0 Å². The van der Waals surface area contributed by atoms with Crippen molar-refractivity contribution in [2.45, 2.75) is 26.3 Å². The van der Waals surface area contributed by atoms with E-state index >= 15 is 0 Å². The minimum atomic E-state index is -3.37. The average Bonchev–Trinajstić information content (AvgIpc) is 2.49. The number of benzene rings is 1. The SMILES string of the molecule is Cc1ccc(-n2ncc(NCC(C)(C)NS(C)(=O)=O)c(Cl)c2=O)cc1Cl. The molecule has 0 atom stereocenters. The summed E-state index contributed by atoms with van der Waals surface area (Å²) in [5.74, 6) is 0. The third-order valence-electron chi connectivity index (χ3n) is 3.50. The van der Waals surface area contributed by atoms with Gasteiger partial charge in [-0.05, 0) is 38.5 Å². The van der Waals surface area contributed by atoms with Gasteiger partial charge >= 0.3 is 0 Å². The molecular formula is C16H20Cl2N4O3S. The molecule has 10 heteroatoms. The summed E-state index contributed by atoms with van der Waals surface area (Å²) in [5.41, 5.74) is 0.405. The minimum absolute atomic E-state index is 0.0492. The summed E-state index contributed by atoms with van der Waals surface area (Å²) in [6, 6.07) is 5.14. The van der Waals surface area contributed by atoms with Crippen molar-refractivity contribution in [2.24, 2.45) is 0 Å². The number of nitrogens with zero attached hydrogens (tertiary/aromatic N) is 2. The lowest BCUT2D eigenvalue weighted by molar-refractivity contribution is 0.476. The zero-order valence-electron chi connectivity index (χ0n) is 14.8. The first-order valence-corrected chi connectivity index (χ1v) is 10.3. The third kappa shape index (κ3) is 5.20. The Hall–Kier alpha value is -1.61. The largest absolute Gasteiger partial charge is 0.381 e. The first-order valence-electron chi connectivity index (χ1n) is 7.67. The number of aromatic nitrogens is 2. The fourth-order valence-electron chi connectivity index (χ4n) is 2.31. The Morgan fingerprint density at radius 2 is 1.92 bits per heavy atom. The summed E-state index contributed by atoms with van der Waals surface area (Å²) in [7, 11) is -3.37. The van der Waals surface area contributed by atoms with E-state index in [2.05, 4.69) is 15.1 Å². The second kappa shape index (κ2) is 7.56. The lowest BCUT2D eigenvalue weighted by Crippen LogP contribution is -2.47. The molecule has 142 valence electrons. The molecule has 0 aliphatic carbocycles. The molecule has 1 aromatic carbocycles. The molecule has 0 bridgehead atoms. The van der Waals surface area contributed by atoms with Crippen LogP contribution >= 0.6 is 23.2 Å². The van der Waals surface area contributed by atoms with Gasteiger partial charge in [-0.15, -0.1) is 0 Å². The molecule has 0 aliphatic rings. The normalized spacial score (nSPS) is 12.2. The molecule has 0 amide bonds. The number of anilines is 1. The smallest absolute Gasteiger partial charge is 0.292 e. The van der Waals surface area contributed by atoms with Crippen molar-refractivity contribution in [1.82, 2.24) is 14.5 Å². The van der Waals surface area contributed by atoms with Gasteiger partial charge in [-0.1, -0.05) is 29.3 Å². The topological polar surface area (TPSA) is 93.1 Å². The second-order valence-corrected chi connectivity index (χ2v) is 9.17. The third-order valence-corrected chi connectivity index (χ3v) is 5.20. The lowest BCUT2D eigenvalue weighted by Gasteiger charge is -2.26. The molecule has 2 rings (SSSR count). The molecule has 0 saturated carbocycles. The molecule has 7 nitrogen and oxygen atoms in total. The van der Waals surface area contributed by atoms with Crippen LogP contribution in [0.15, 0.2) is 29.2 Å². The number of nitrogens with one attached hydrogen (secondary N) is 2. The average molecular weight is 419 g/mol. The molecule has 0 saturated heterocycles. The summed E-state index contributed by atoms with van der Waals surface area (Å²) in [6.07, 6.45) is 2.49. The maximum absolute atomic E-state index is 12.5. The van der Waals surface area contributed by atoms with E-state index in [4.69, 9.17) is 23.2 Å². The monoisotopic (exact) mass is 418 g/mol. The van der Waals surface area contributed by atoms with Crippen molar-refractivity contribution in [2.75, 3.05) is 18.1 Å². The van der Waals surface area contributed by atoms with Gasteiger partial charge in [-0.2, -0.15) is 9.78 Å². The van der Waals surface area contributed by atoms with E-state index in [9.17, 15) is 13.2 Å². The molecule has 0 radical (unpaired) electrons. The molecule has 0 unspecified atom stereocenters. The van der Waals surface area contributed by atoms with Crippen molar-refractivity contribution in [3.63, 3.8) is 0 Å². The Kier molecular flexibility index (Phi) is 6.02. The summed E-state index contributed by atoms with van der Waals surface area (Å²) < 4.78 is 26.4. The first kappa shape index (κ1) is 20.7. The zero-order chi connectivity index (χ0) is 19.7. The van der Waals surface area contributed by atoms with E-state index < -0.39 is 21.1 Å². The predicted molar refractivity (Wildman–Crippen MR) is 105 cm³/mol. The van der Waals surface area contributed by atoms with Crippen LogP contribution in [0.2, 0.25) is 10.0 Å². The second-order valence-electron chi connectivity index (χ2n) is 6.63. The molecule has 2 aromatic rings. The highest BCUT2D eigenvalue weighted by molar-refractivity contribution is 7.88. The number of aryl methyl sites for hydroxylation is 1. The Bertz CT molecular complexity index is 987. The quantitative estimate of drug-likeness (QED) is 0.751. The number of rotatable bonds is 6. The van der Waals surface area contributed by atoms with Crippen LogP contribution < -0.4 is 15.6 Å². The maximum Gasteiger partial charge on any atom is 0.292 e. The molecule has 1 heterocycles. The standard InChI is InChI=1S/C16H20Cl2N4O3S/c1-10-5-6-11(7-12(10)17)22-15(23)14(18)13(8-20-22)19-9-16(2,3)21-26(4,24)25/h5-8,19,21H,9H2,1-4H3. The van der Waals surface area contributed by atoms with Gasteiger partial charge in [-0.3, -0.25) is 4.79 Å². The van der Waals surface area contributed by atoms with E-state index in [-0.39, 0.29) is 11.6 Å². The Morgan fingerprint density at radius 1 is 1.27 bits per heavy atom. The Morgan fingerprint density at radius 3 is 2.50 bits per heavy atom. The highest BCUT2D eigenvalue weighted by Crippen LogP contribution is 2.21. The fraction of sp³-hybridized carbons (Fsp3) is 0.375. The molecule has 0 fully saturated rings. The van der Waals surface area contributed by atoms with Crippen LogP contribution in [-0.4, -0.2) is 36.5 Å². The van der Waals surface area contributed by atoms with Crippen LogP contribution in [-0.2, 0) is 10.0 Å². The summed E-state index contributed by atoms with van der Waals surface area (Å²) >= 11 is 12.3. The molecule has 0 aliphatic heterocycles. The predicted octanol–water partition coefficient (Wildman–Crippen LogP) is 2.59. The van der Waals surface area contributed by atoms with Gasteiger partial charge in [0.2, 0.25) is 10.0 Å². The van der Waals surface area contributed by atoms with Crippen molar-refractivity contribution in [3.05, 3.63) is 50.4 Å². The molecule has 0 spiro atoms. The molecule has 2 N–H and O–H groups in total. The van der Waals surface area contributed by atoms with E-state index in [0.29, 0.717) is 16.4 Å². The van der Waals surface area contributed by atoms with Gasteiger partial charge in [0.05, 0.1) is 23.8 Å². The van der Waals surface area contributed by atoms with Crippen LogP contribution in [0.3, 0.4) is 0 Å². The Balaban J connectivity index is 2.27. The summed E-state index contributed by atoms with van der Waals surface area (Å²) in [4.78, 5) is 12.5. The van der Waals surface area contributed by atoms with Gasteiger partial charge in [0.15, 0.2) is 0 Å². The summed E-state index contributed by atoms with van der Waals surface area (Å²) in [5, 5.41) is 7.54. The number of hydrogen-bond donors (Lipinski definition) is 2. The zero-order valence-corrected chi connectivity index (χ0v) is 17.1. The van der Waals surface area contributed by atoms with Crippen molar-refractivity contribution >= 4 is 38.9 Å². The van der Waals surface area contributed by atoms with E-state index in [0.717, 1.165) is 16.5 Å². The fourth-order valence-corrected chi connectivity index (χ4v) is 3.75. The number of hydrogen-bond acceptors (Lipinski definition) is 5. The minimum Gasteiger partial charge on any atom is -0.381 e. The molecular weight excluding hydrogens is 399 g/mol. The van der Waals surface area contributed by atoms with Gasteiger partial charge in [-0.25, -0.2) is 13.1 Å². The molecule has 1 aromatic heterocycles.